The largest absolute Gasteiger partial charge is 0.464 e. The highest BCUT2D eigenvalue weighted by Crippen LogP contribution is 2.40. The van der Waals surface area contributed by atoms with Gasteiger partial charge in [-0.05, 0) is 36.2 Å². The lowest BCUT2D eigenvalue weighted by Gasteiger charge is -2.41. The summed E-state index contributed by atoms with van der Waals surface area (Å²) in [5.74, 6) is -2.27. The van der Waals surface area contributed by atoms with E-state index < -0.39 is 25.5 Å². The van der Waals surface area contributed by atoms with E-state index in [1.165, 1.54) is 6.20 Å². The Balaban J connectivity index is 1.28. The Bertz CT molecular complexity index is 1870. The number of fused-ring (bicyclic) bond motifs is 1. The first-order valence-electron chi connectivity index (χ1n) is 17.0. The lowest BCUT2D eigenvalue weighted by molar-refractivity contribution is -0.132. The summed E-state index contributed by atoms with van der Waals surface area (Å²) in [5.41, 5.74) is 2.54. The van der Waals surface area contributed by atoms with Crippen molar-refractivity contribution >= 4 is 36.7 Å². The van der Waals surface area contributed by atoms with Gasteiger partial charge in [0.1, 0.15) is 24.7 Å². The van der Waals surface area contributed by atoms with E-state index in [9.17, 15) is 4.79 Å². The van der Waals surface area contributed by atoms with E-state index in [1.807, 2.05) is 22.9 Å². The van der Waals surface area contributed by atoms with Crippen molar-refractivity contribution in [1.29, 1.82) is 0 Å². The lowest BCUT2D eigenvalue weighted by Crippen LogP contribution is -2.51. The molecule has 2 aliphatic heterocycles. The maximum absolute atomic E-state index is 15.6. The van der Waals surface area contributed by atoms with E-state index in [4.69, 9.17) is 23.7 Å². The van der Waals surface area contributed by atoms with E-state index >= 15 is 8.78 Å². The molecule has 272 valence electrons. The molecule has 1 spiro atoms. The van der Waals surface area contributed by atoms with Gasteiger partial charge >= 0.3 is 0 Å². The number of hydrogen-bond acceptors (Lipinski definition) is 9. The molecule has 0 radical (unpaired) electrons. The highest BCUT2D eigenvalue weighted by molar-refractivity contribution is 6.76. The van der Waals surface area contributed by atoms with Crippen LogP contribution in [-0.2, 0) is 25.7 Å². The summed E-state index contributed by atoms with van der Waals surface area (Å²) in [4.78, 5) is 23.7. The van der Waals surface area contributed by atoms with Crippen molar-refractivity contribution in [3.8, 4) is 22.6 Å². The van der Waals surface area contributed by atoms with Gasteiger partial charge in [-0.25, -0.2) is 18.8 Å². The lowest BCUT2D eigenvalue weighted by atomic mass is 9.87. The molecule has 11 nitrogen and oxygen atoms in total. The Kier molecular flexibility index (Phi) is 11.1. The minimum absolute atomic E-state index is 0.107. The molecule has 2 aromatic heterocycles. The van der Waals surface area contributed by atoms with Crippen LogP contribution >= 0.6 is 0 Å². The molecule has 1 fully saturated rings. The molecule has 4 aromatic rings. The van der Waals surface area contributed by atoms with Crippen LogP contribution < -0.4 is 10.1 Å². The number of ether oxygens (including phenoxy) is 5. The number of carbonyl (C=O) groups excluding carboxylic acids is 1. The quantitative estimate of drug-likeness (QED) is 0.110. The average Bonchev–Trinajstić information content (AvgIpc) is 3.46. The van der Waals surface area contributed by atoms with Gasteiger partial charge in [-0.15, -0.1) is 0 Å². The fourth-order valence-corrected chi connectivity index (χ4v) is 6.60. The third-order valence-electron chi connectivity index (χ3n) is 8.93. The molecule has 4 heterocycles. The number of anilines is 1. The van der Waals surface area contributed by atoms with E-state index in [1.54, 1.807) is 37.3 Å². The number of amides is 1. The molecule has 0 bridgehead atoms. The van der Waals surface area contributed by atoms with Gasteiger partial charge in [0.05, 0.1) is 30.6 Å². The van der Waals surface area contributed by atoms with Crippen molar-refractivity contribution in [3.63, 3.8) is 0 Å². The molecular weight excluding hydrogens is 677 g/mol. The topological polar surface area (TPSA) is 109 Å². The standard InChI is InChI=1S/C37H45F2N5O6Si/c1-43(13-6-14-46-2)35(45)26-9-7-25(8-10-26)28-19-44(24-47-15-16-51(3,4)5)34-32(28)31(11-12-40-34)50-33-29(38)17-27(18-30(33)39)42-36-41-20-37(23-49-36)21-48-22-37/h7-12,17-19H,6,13-16,20-24H2,1-5H3,(H,41,42). The van der Waals surface area contributed by atoms with Crippen LogP contribution in [0.25, 0.3) is 22.2 Å². The van der Waals surface area contributed by atoms with Gasteiger partial charge in [-0.1, -0.05) is 31.8 Å². The van der Waals surface area contributed by atoms with Crippen LogP contribution in [0.15, 0.2) is 59.9 Å². The number of nitrogens with zero attached hydrogens (tertiary/aromatic N) is 4. The summed E-state index contributed by atoms with van der Waals surface area (Å²) in [6, 6.07) is 12.3. The molecule has 1 saturated heterocycles. The van der Waals surface area contributed by atoms with Crippen LogP contribution in [0, 0.1) is 17.0 Å². The Morgan fingerprint density at radius 2 is 1.82 bits per heavy atom. The molecule has 51 heavy (non-hydrogen) atoms. The molecule has 6 rings (SSSR count). The number of pyridine rings is 1. The normalized spacial score (nSPS) is 15.3. The van der Waals surface area contributed by atoms with Crippen LogP contribution in [-0.4, -0.2) is 94.7 Å². The van der Waals surface area contributed by atoms with Gasteiger partial charge in [-0.2, -0.15) is 0 Å². The number of hydrogen-bond donors (Lipinski definition) is 1. The second-order valence-corrected chi connectivity index (χ2v) is 20.0. The fourth-order valence-electron chi connectivity index (χ4n) is 5.85. The van der Waals surface area contributed by atoms with Crippen molar-refractivity contribution in [2.24, 2.45) is 10.4 Å². The predicted octanol–water partition coefficient (Wildman–Crippen LogP) is 7.01. The number of aromatic nitrogens is 2. The Hall–Kier alpha value is -4.37. The molecule has 1 N–H and O–H groups in total. The van der Waals surface area contributed by atoms with Crippen molar-refractivity contribution in [2.75, 3.05) is 65.6 Å². The SMILES string of the molecule is COCCCN(C)C(=O)c1ccc(-c2cn(COCC[Si](C)(C)C)c3nccc(Oc4c(F)cc(NC5=NCC6(COC6)CO5)cc4F)c23)cc1. The Labute approximate surface area is 297 Å². The summed E-state index contributed by atoms with van der Waals surface area (Å²) >= 11 is 0. The van der Waals surface area contributed by atoms with E-state index in [0.717, 1.165) is 30.2 Å². The minimum Gasteiger partial charge on any atom is -0.464 e. The van der Waals surface area contributed by atoms with Crippen LogP contribution in [0.5, 0.6) is 11.5 Å². The smallest absolute Gasteiger partial charge is 0.289 e. The summed E-state index contributed by atoms with van der Waals surface area (Å²) in [5, 5.41) is 3.41. The zero-order chi connectivity index (χ0) is 36.2. The molecule has 1 amide bonds. The third kappa shape index (κ3) is 8.58. The van der Waals surface area contributed by atoms with Crippen LogP contribution in [0.4, 0.5) is 14.5 Å². The monoisotopic (exact) mass is 721 g/mol. The van der Waals surface area contributed by atoms with Gasteiger partial charge in [0, 0.05) is 83.3 Å². The predicted molar refractivity (Wildman–Crippen MR) is 194 cm³/mol. The number of aliphatic imine (C=N–C) groups is 1. The molecule has 14 heteroatoms. The molecule has 0 atom stereocenters. The number of methoxy groups -OCH3 is 1. The van der Waals surface area contributed by atoms with E-state index in [-0.39, 0.29) is 35.5 Å². The number of halogens is 2. The van der Waals surface area contributed by atoms with Crippen LogP contribution in [0.2, 0.25) is 25.7 Å². The highest BCUT2D eigenvalue weighted by atomic mass is 28.3. The molecular formula is C37H45F2N5O6Si. The van der Waals surface area contributed by atoms with Crippen LogP contribution in [0.1, 0.15) is 16.8 Å². The number of rotatable bonds is 14. The first-order valence-corrected chi connectivity index (χ1v) is 20.8. The Morgan fingerprint density at radius 1 is 1.08 bits per heavy atom. The average molecular weight is 722 g/mol. The summed E-state index contributed by atoms with van der Waals surface area (Å²) in [6.45, 7) is 10.9. The molecule has 2 aromatic carbocycles. The number of benzene rings is 2. The second kappa shape index (κ2) is 15.5. The summed E-state index contributed by atoms with van der Waals surface area (Å²) in [7, 11) is 2.08. The van der Waals surface area contributed by atoms with Crippen molar-refractivity contribution in [1.82, 2.24) is 14.5 Å². The molecule has 0 saturated carbocycles. The second-order valence-electron chi connectivity index (χ2n) is 14.4. The van der Waals surface area contributed by atoms with Crippen molar-refractivity contribution in [2.45, 2.75) is 38.8 Å². The zero-order valence-corrected chi connectivity index (χ0v) is 30.8. The highest BCUT2D eigenvalue weighted by Gasteiger charge is 2.42. The first-order chi connectivity index (χ1) is 24.4. The minimum atomic E-state index is -1.32. The van der Waals surface area contributed by atoms with Gasteiger partial charge in [0.2, 0.25) is 0 Å². The van der Waals surface area contributed by atoms with Crippen molar-refractivity contribution < 1.29 is 37.3 Å². The maximum Gasteiger partial charge on any atom is 0.289 e. The Morgan fingerprint density at radius 3 is 2.45 bits per heavy atom. The molecule has 0 aliphatic carbocycles. The fraction of sp³-hybridized carbons (Fsp3) is 0.432. The number of carbonyl (C=O) groups is 1. The summed E-state index contributed by atoms with van der Waals surface area (Å²) < 4.78 is 61.2. The van der Waals surface area contributed by atoms with Crippen LogP contribution in [0.3, 0.4) is 0 Å². The van der Waals surface area contributed by atoms with E-state index in [2.05, 4.69) is 34.9 Å². The molecule has 2 aliphatic rings. The summed E-state index contributed by atoms with van der Waals surface area (Å²) in [6.07, 6.45) is 4.15. The molecule has 0 unspecified atom stereocenters. The maximum atomic E-state index is 15.6. The van der Waals surface area contributed by atoms with Gasteiger partial charge in [-0.3, -0.25) is 4.79 Å². The zero-order valence-electron chi connectivity index (χ0n) is 29.8. The van der Waals surface area contributed by atoms with Gasteiger partial charge < -0.3 is 38.5 Å². The first kappa shape index (κ1) is 36.4. The van der Waals surface area contributed by atoms with Gasteiger partial charge in [0.15, 0.2) is 17.4 Å². The van der Waals surface area contributed by atoms with Crippen molar-refractivity contribution in [3.05, 3.63) is 72.1 Å². The number of nitrogens with one attached hydrogen (secondary N) is 1. The van der Waals surface area contributed by atoms with Gasteiger partial charge in [0.25, 0.3) is 11.9 Å². The number of amidine groups is 1. The van der Waals surface area contributed by atoms with E-state index in [0.29, 0.717) is 68.3 Å². The third-order valence-corrected chi connectivity index (χ3v) is 10.6.